The number of cyclic esters (lactones) is 1. The molecular formula is C32H44NO7PSi. The standard InChI is InChI=1S/C32H44NO7PSi/c1-9-25-22(4)27-20-39-32(35)29(27)30(38-17-18-42(6,7)8)26(25)16-15-21(3)19-24-13-11-12-14-28(24)40-41(36)33-23(5)31(34)37-10-2/h11-15,23H,9-10,16-20H2,1-8H3. The molecule has 1 aliphatic rings. The second kappa shape index (κ2) is 14.9. The van der Waals surface area contributed by atoms with E-state index in [0.717, 1.165) is 40.3 Å². The molecule has 10 heteroatoms. The largest absolute Gasteiger partial charge is 0.575 e. The summed E-state index contributed by atoms with van der Waals surface area (Å²) in [5.74, 6) is 0.257. The van der Waals surface area contributed by atoms with Gasteiger partial charge < -0.3 is 19.1 Å². The number of para-hydroxylation sites is 1. The van der Waals surface area contributed by atoms with Gasteiger partial charge in [0.15, 0.2) is 11.8 Å². The van der Waals surface area contributed by atoms with Gasteiger partial charge in [-0.2, -0.15) is 0 Å². The van der Waals surface area contributed by atoms with Gasteiger partial charge in [0.1, 0.15) is 17.9 Å². The highest BCUT2D eigenvalue weighted by Gasteiger charge is 2.32. The minimum absolute atomic E-state index is 0.228. The summed E-state index contributed by atoms with van der Waals surface area (Å²) in [7, 11) is -3.80. The Bertz CT molecular complexity index is 1360. The quantitative estimate of drug-likeness (QED) is 0.0991. The van der Waals surface area contributed by atoms with E-state index in [1.807, 2.05) is 19.1 Å². The smallest absolute Gasteiger partial charge is 0.395 e. The predicted octanol–water partition coefficient (Wildman–Crippen LogP) is 6.86. The van der Waals surface area contributed by atoms with Crippen LogP contribution in [0.2, 0.25) is 25.7 Å². The highest BCUT2D eigenvalue weighted by atomic mass is 31.1. The zero-order valence-electron chi connectivity index (χ0n) is 26.2. The molecule has 2 aromatic rings. The molecule has 2 aromatic carbocycles. The molecule has 2 unspecified atom stereocenters. The van der Waals surface area contributed by atoms with Crippen molar-refractivity contribution in [2.75, 3.05) is 13.2 Å². The van der Waals surface area contributed by atoms with Crippen LogP contribution in [-0.4, -0.2) is 39.3 Å². The van der Waals surface area contributed by atoms with Gasteiger partial charge in [0, 0.05) is 24.8 Å². The number of benzene rings is 2. The predicted molar refractivity (Wildman–Crippen MR) is 167 cm³/mol. The number of nitrogens with zero attached hydrogens (tertiary/aromatic N) is 1. The minimum atomic E-state index is -2.46. The first-order valence-electron chi connectivity index (χ1n) is 14.6. The molecule has 2 atom stereocenters. The zero-order valence-corrected chi connectivity index (χ0v) is 28.1. The van der Waals surface area contributed by atoms with E-state index in [1.165, 1.54) is 12.5 Å². The number of fused-ring (bicyclic) bond motifs is 1. The molecule has 0 spiro atoms. The molecule has 1 aliphatic heterocycles. The van der Waals surface area contributed by atoms with E-state index in [4.69, 9.17) is 18.7 Å². The lowest BCUT2D eigenvalue weighted by Gasteiger charge is -2.22. The number of ether oxygens (including phenoxy) is 3. The second-order valence-corrected chi connectivity index (χ2v) is 18.3. The van der Waals surface area contributed by atoms with Crippen LogP contribution in [0.4, 0.5) is 0 Å². The summed E-state index contributed by atoms with van der Waals surface area (Å²) in [6.07, 6.45) is 4.13. The van der Waals surface area contributed by atoms with Gasteiger partial charge in [-0.1, -0.05) is 61.2 Å². The Morgan fingerprint density at radius 3 is 2.60 bits per heavy atom. The van der Waals surface area contributed by atoms with Gasteiger partial charge in [-0.25, -0.2) is 9.59 Å². The van der Waals surface area contributed by atoms with Gasteiger partial charge in [-0.3, -0.25) is 4.52 Å². The van der Waals surface area contributed by atoms with Crippen LogP contribution in [0.3, 0.4) is 0 Å². The summed E-state index contributed by atoms with van der Waals surface area (Å²) in [6, 6.07) is 7.48. The van der Waals surface area contributed by atoms with Gasteiger partial charge in [-0.15, -0.1) is 0 Å². The first-order valence-corrected chi connectivity index (χ1v) is 19.4. The molecule has 0 aliphatic carbocycles. The van der Waals surface area contributed by atoms with Crippen molar-refractivity contribution in [3.63, 3.8) is 0 Å². The molecule has 0 radical (unpaired) electrons. The van der Waals surface area contributed by atoms with Crippen molar-refractivity contribution in [1.82, 2.24) is 0 Å². The van der Waals surface area contributed by atoms with Crippen molar-refractivity contribution in [2.45, 2.75) is 92.2 Å². The SMILES string of the molecule is CCOC(=O)C(C)N=[P+]([O-])Oc1ccccc1CC(C)=CCc1c(CC)c(C)c2c(c1OCC[Si](C)(C)C)C(=O)OC2. The molecule has 0 bridgehead atoms. The third-order valence-electron chi connectivity index (χ3n) is 7.24. The van der Waals surface area contributed by atoms with Crippen LogP contribution in [0.25, 0.3) is 0 Å². The minimum Gasteiger partial charge on any atom is -0.575 e. The van der Waals surface area contributed by atoms with Crippen LogP contribution in [0.1, 0.15) is 65.9 Å². The molecule has 8 nitrogen and oxygen atoms in total. The Kier molecular flexibility index (Phi) is 11.9. The Hall–Kier alpha value is -3.00. The summed E-state index contributed by atoms with van der Waals surface area (Å²) >= 11 is 0. The molecule has 0 amide bonds. The van der Waals surface area contributed by atoms with Crippen LogP contribution in [0.5, 0.6) is 11.5 Å². The fourth-order valence-corrected chi connectivity index (χ4v) is 6.37. The molecule has 1 heterocycles. The van der Waals surface area contributed by atoms with Gasteiger partial charge in [0.2, 0.25) is 0 Å². The van der Waals surface area contributed by atoms with Crippen molar-refractivity contribution in [3.8, 4) is 11.5 Å². The molecule has 0 saturated heterocycles. The highest BCUT2D eigenvalue weighted by Crippen LogP contribution is 2.40. The number of rotatable bonds is 14. The number of esters is 2. The average molecular weight is 614 g/mol. The topological polar surface area (TPSA) is 106 Å². The Labute approximate surface area is 252 Å². The van der Waals surface area contributed by atoms with Crippen LogP contribution in [0.15, 0.2) is 40.7 Å². The van der Waals surface area contributed by atoms with Crippen LogP contribution in [-0.2, 0) is 40.1 Å². The highest BCUT2D eigenvalue weighted by molar-refractivity contribution is 7.34. The summed E-state index contributed by atoms with van der Waals surface area (Å²) in [5.41, 5.74) is 6.76. The van der Waals surface area contributed by atoms with Gasteiger partial charge in [0.25, 0.3) is 0 Å². The summed E-state index contributed by atoms with van der Waals surface area (Å²) in [5, 5.41) is 0. The molecule has 0 fully saturated rings. The first kappa shape index (κ1) is 33.5. The second-order valence-electron chi connectivity index (χ2n) is 11.8. The Balaban J connectivity index is 1.87. The molecule has 42 heavy (non-hydrogen) atoms. The lowest BCUT2D eigenvalue weighted by Crippen LogP contribution is -2.23. The number of hydrogen-bond acceptors (Lipinski definition) is 8. The summed E-state index contributed by atoms with van der Waals surface area (Å²) in [6.45, 7) is 17.5. The maximum absolute atomic E-state index is 12.8. The number of hydrogen-bond donors (Lipinski definition) is 0. The lowest BCUT2D eigenvalue weighted by molar-refractivity contribution is -0.169. The third-order valence-corrected chi connectivity index (χ3v) is 9.84. The maximum atomic E-state index is 12.8. The van der Waals surface area contributed by atoms with E-state index in [-0.39, 0.29) is 19.2 Å². The monoisotopic (exact) mass is 613 g/mol. The van der Waals surface area contributed by atoms with Crippen molar-refractivity contribution < 1.29 is 33.2 Å². The van der Waals surface area contributed by atoms with E-state index < -0.39 is 28.3 Å². The molecule has 0 N–H and O–H groups in total. The molecule has 3 rings (SSSR count). The average Bonchev–Trinajstić information content (AvgIpc) is 3.31. The van der Waals surface area contributed by atoms with Crippen LogP contribution in [0, 0.1) is 6.92 Å². The number of carbonyl (C=O) groups is 2. The van der Waals surface area contributed by atoms with Crippen LogP contribution < -0.4 is 14.2 Å². The van der Waals surface area contributed by atoms with E-state index >= 15 is 0 Å². The lowest BCUT2D eigenvalue weighted by atomic mass is 9.88. The number of carbonyl (C=O) groups excluding carboxylic acids is 2. The Morgan fingerprint density at radius 2 is 1.93 bits per heavy atom. The van der Waals surface area contributed by atoms with Crippen molar-refractivity contribution in [3.05, 3.63) is 69.3 Å². The van der Waals surface area contributed by atoms with E-state index in [9.17, 15) is 14.5 Å². The van der Waals surface area contributed by atoms with Gasteiger partial charge in [0.05, 0.1) is 13.2 Å². The normalized spacial score (nSPS) is 14.4. The van der Waals surface area contributed by atoms with Crippen LogP contribution >= 0.6 is 8.17 Å². The van der Waals surface area contributed by atoms with Gasteiger partial charge in [-0.05, 0) is 70.2 Å². The fraction of sp³-hybridized carbons (Fsp3) is 0.500. The summed E-state index contributed by atoms with van der Waals surface area (Å²) < 4.78 is 26.4. The fourth-order valence-electron chi connectivity index (χ4n) is 4.89. The molecule has 228 valence electrons. The maximum Gasteiger partial charge on any atom is 0.395 e. The Morgan fingerprint density at radius 1 is 1.21 bits per heavy atom. The van der Waals surface area contributed by atoms with Crippen molar-refractivity contribution in [1.29, 1.82) is 0 Å². The van der Waals surface area contributed by atoms with E-state index in [0.29, 0.717) is 36.5 Å². The van der Waals surface area contributed by atoms with Gasteiger partial charge >= 0.3 is 20.1 Å². The molecule has 0 aromatic heterocycles. The van der Waals surface area contributed by atoms with Crippen molar-refractivity contribution >= 4 is 28.2 Å². The molecule has 0 saturated carbocycles. The van der Waals surface area contributed by atoms with E-state index in [1.54, 1.807) is 19.1 Å². The number of allylic oxidation sites excluding steroid dienone is 2. The van der Waals surface area contributed by atoms with E-state index in [2.05, 4.69) is 44.3 Å². The zero-order chi connectivity index (χ0) is 31.0. The van der Waals surface area contributed by atoms with Crippen molar-refractivity contribution in [2.24, 2.45) is 4.74 Å². The third kappa shape index (κ3) is 8.76. The molecular weight excluding hydrogens is 569 g/mol. The summed E-state index contributed by atoms with van der Waals surface area (Å²) in [4.78, 5) is 37.3. The first-order chi connectivity index (χ1) is 19.9.